The van der Waals surface area contributed by atoms with Gasteiger partial charge in [-0.15, -0.1) is 0 Å². The molecule has 2 aliphatic rings. The van der Waals surface area contributed by atoms with Crippen LogP contribution in [0.4, 0.5) is 4.39 Å². The zero-order chi connectivity index (χ0) is 24.5. The van der Waals surface area contributed by atoms with Gasteiger partial charge in [0.1, 0.15) is 18.1 Å². The van der Waals surface area contributed by atoms with Gasteiger partial charge < -0.3 is 19.3 Å². The Balaban J connectivity index is 1.31. The molecule has 1 aliphatic carbocycles. The molecule has 0 saturated heterocycles. The third-order valence-electron chi connectivity index (χ3n) is 7.16. The molecule has 9 heteroatoms. The second-order valence-electron chi connectivity index (χ2n) is 9.32. The van der Waals surface area contributed by atoms with Gasteiger partial charge in [-0.1, -0.05) is 17.7 Å². The number of hydrogen-bond acceptors (Lipinski definition) is 4. The van der Waals surface area contributed by atoms with E-state index >= 15 is 0 Å². The van der Waals surface area contributed by atoms with Crippen molar-refractivity contribution in [3.8, 4) is 0 Å². The first kappa shape index (κ1) is 23.8. The summed E-state index contributed by atoms with van der Waals surface area (Å²) in [4.78, 5) is 30.5. The molecule has 1 aromatic carbocycles. The van der Waals surface area contributed by atoms with E-state index in [0.717, 1.165) is 22.3 Å². The number of aromatic nitrogens is 2. The Bertz CT molecular complexity index is 1270. The van der Waals surface area contributed by atoms with Gasteiger partial charge in [0.2, 0.25) is 5.91 Å². The Hall–Kier alpha value is -2.97. The Morgan fingerprint density at radius 3 is 2.74 bits per heavy atom. The molecular weight excluding hydrogens is 473 g/mol. The number of benzene rings is 1. The number of carbonyl (C=O) groups is 2. The molecule has 2 aromatic heterocycles. The van der Waals surface area contributed by atoms with Crippen LogP contribution in [0.2, 0.25) is 5.02 Å². The number of aliphatic carboxylic acids is 1. The fourth-order valence-electron chi connectivity index (χ4n) is 5.22. The van der Waals surface area contributed by atoms with E-state index in [0.29, 0.717) is 51.7 Å². The van der Waals surface area contributed by atoms with Crippen LogP contribution in [0.25, 0.3) is 11.0 Å². The lowest BCUT2D eigenvalue weighted by molar-refractivity contribution is -0.146. The first-order valence-corrected chi connectivity index (χ1v) is 12.3. The quantitative estimate of drug-likeness (QED) is 0.542. The second kappa shape index (κ2) is 9.95. The molecule has 0 spiro atoms. The minimum absolute atomic E-state index is 0.0153. The molecule has 1 aliphatic heterocycles. The Morgan fingerprint density at radius 1 is 1.20 bits per heavy atom. The summed E-state index contributed by atoms with van der Waals surface area (Å²) >= 11 is 5.86. The van der Waals surface area contributed by atoms with Crippen molar-refractivity contribution in [1.29, 1.82) is 0 Å². The van der Waals surface area contributed by atoms with Crippen molar-refractivity contribution >= 4 is 34.5 Å². The molecule has 1 fully saturated rings. The smallest absolute Gasteiger partial charge is 0.306 e. The molecule has 0 bridgehead atoms. The van der Waals surface area contributed by atoms with Crippen LogP contribution in [-0.2, 0) is 33.8 Å². The molecule has 184 valence electrons. The fraction of sp³-hybridized carbons (Fsp3) is 0.423. The number of pyridine rings is 1. The molecule has 1 N–H and O–H groups in total. The van der Waals surface area contributed by atoms with Crippen LogP contribution in [0, 0.1) is 11.7 Å². The van der Waals surface area contributed by atoms with E-state index in [1.807, 2.05) is 12.1 Å². The van der Waals surface area contributed by atoms with Gasteiger partial charge in [-0.2, -0.15) is 0 Å². The largest absolute Gasteiger partial charge is 0.481 e. The van der Waals surface area contributed by atoms with Crippen molar-refractivity contribution in [2.75, 3.05) is 13.2 Å². The molecular formula is C26H27ClFN3O4. The number of amides is 1. The standard InChI is InChI=1S/C26H27ClFN3O4/c27-21-8-3-16(12-22(21)28)13-31-23-14-30(11-9-19(23)20-2-1-10-29-25(20)31)24(32)15-35-18-6-4-17(5-7-18)26(33)34/h1-3,8,10,12,17-18H,4-7,9,11,13-15H2,(H,33,34). The maximum Gasteiger partial charge on any atom is 0.306 e. The van der Waals surface area contributed by atoms with Crippen LogP contribution >= 0.6 is 11.6 Å². The number of carboxylic acids is 1. The van der Waals surface area contributed by atoms with Gasteiger partial charge in [-0.05, 0) is 67.5 Å². The first-order chi connectivity index (χ1) is 16.9. The van der Waals surface area contributed by atoms with Gasteiger partial charge in [0.15, 0.2) is 0 Å². The monoisotopic (exact) mass is 499 g/mol. The molecule has 5 rings (SSSR count). The molecule has 3 aromatic rings. The number of ether oxygens (including phenoxy) is 1. The fourth-order valence-corrected chi connectivity index (χ4v) is 5.34. The normalized spacial score (nSPS) is 20.1. The summed E-state index contributed by atoms with van der Waals surface area (Å²) in [6.07, 6.45) is 4.85. The number of rotatable bonds is 6. The highest BCUT2D eigenvalue weighted by atomic mass is 35.5. The van der Waals surface area contributed by atoms with Crippen LogP contribution < -0.4 is 0 Å². The van der Waals surface area contributed by atoms with E-state index < -0.39 is 11.8 Å². The highest BCUT2D eigenvalue weighted by Crippen LogP contribution is 2.31. The van der Waals surface area contributed by atoms with E-state index in [1.165, 1.54) is 11.6 Å². The predicted molar refractivity (Wildman–Crippen MR) is 129 cm³/mol. The molecule has 7 nitrogen and oxygen atoms in total. The third-order valence-corrected chi connectivity index (χ3v) is 7.46. The highest BCUT2D eigenvalue weighted by molar-refractivity contribution is 6.30. The van der Waals surface area contributed by atoms with Gasteiger partial charge in [-0.3, -0.25) is 9.59 Å². The van der Waals surface area contributed by atoms with Crippen LogP contribution in [0.5, 0.6) is 0 Å². The maximum absolute atomic E-state index is 14.1. The zero-order valence-corrected chi connectivity index (χ0v) is 20.0. The van der Waals surface area contributed by atoms with Crippen LogP contribution in [0.15, 0.2) is 36.5 Å². The highest BCUT2D eigenvalue weighted by Gasteiger charge is 2.30. The average molecular weight is 500 g/mol. The number of nitrogens with zero attached hydrogens (tertiary/aromatic N) is 3. The van der Waals surface area contributed by atoms with Crippen molar-refractivity contribution in [3.05, 3.63) is 64.2 Å². The molecule has 1 amide bonds. The lowest BCUT2D eigenvalue weighted by atomic mass is 9.87. The Morgan fingerprint density at radius 2 is 2.00 bits per heavy atom. The molecule has 3 heterocycles. The van der Waals surface area contributed by atoms with Crippen LogP contribution in [0.1, 0.15) is 42.5 Å². The summed E-state index contributed by atoms with van der Waals surface area (Å²) in [5, 5.41) is 10.3. The van der Waals surface area contributed by atoms with Crippen LogP contribution in [-0.4, -0.2) is 50.7 Å². The molecule has 0 unspecified atom stereocenters. The number of carboxylic acid groups (broad SMARTS) is 1. The number of halogens is 2. The van der Waals surface area contributed by atoms with E-state index in [9.17, 15) is 14.0 Å². The number of hydrogen-bond donors (Lipinski definition) is 1. The minimum atomic E-state index is -0.755. The zero-order valence-electron chi connectivity index (χ0n) is 19.3. The lowest BCUT2D eigenvalue weighted by Crippen LogP contribution is -2.40. The third kappa shape index (κ3) is 4.90. The predicted octanol–water partition coefficient (Wildman–Crippen LogP) is 4.42. The Labute approximate surface area is 207 Å². The van der Waals surface area contributed by atoms with Crippen molar-refractivity contribution in [2.45, 2.75) is 51.3 Å². The van der Waals surface area contributed by atoms with Gasteiger partial charge in [-0.25, -0.2) is 9.37 Å². The first-order valence-electron chi connectivity index (χ1n) is 11.9. The summed E-state index contributed by atoms with van der Waals surface area (Å²) in [5.41, 5.74) is 3.74. The minimum Gasteiger partial charge on any atom is -0.481 e. The lowest BCUT2D eigenvalue weighted by Gasteiger charge is -2.30. The summed E-state index contributed by atoms with van der Waals surface area (Å²) in [6.45, 7) is 1.42. The summed E-state index contributed by atoms with van der Waals surface area (Å²) in [7, 11) is 0. The van der Waals surface area contributed by atoms with Crippen molar-refractivity contribution in [1.82, 2.24) is 14.5 Å². The van der Waals surface area contributed by atoms with Crippen molar-refractivity contribution < 1.29 is 23.8 Å². The second-order valence-corrected chi connectivity index (χ2v) is 9.73. The van der Waals surface area contributed by atoms with Gasteiger partial charge in [0, 0.05) is 30.4 Å². The number of fused-ring (bicyclic) bond motifs is 3. The number of carbonyl (C=O) groups excluding carboxylic acids is 1. The maximum atomic E-state index is 14.1. The van der Waals surface area contributed by atoms with Crippen molar-refractivity contribution in [2.24, 2.45) is 5.92 Å². The van der Waals surface area contributed by atoms with Crippen molar-refractivity contribution in [3.63, 3.8) is 0 Å². The van der Waals surface area contributed by atoms with Crippen LogP contribution in [0.3, 0.4) is 0 Å². The average Bonchev–Trinajstić information content (AvgIpc) is 3.18. The molecule has 35 heavy (non-hydrogen) atoms. The van der Waals surface area contributed by atoms with E-state index in [4.69, 9.17) is 21.4 Å². The molecule has 1 saturated carbocycles. The summed E-state index contributed by atoms with van der Waals surface area (Å²) in [6, 6.07) is 8.72. The summed E-state index contributed by atoms with van der Waals surface area (Å²) < 4.78 is 22.0. The van der Waals surface area contributed by atoms with E-state index in [-0.39, 0.29) is 29.6 Å². The van der Waals surface area contributed by atoms with E-state index in [2.05, 4.69) is 9.55 Å². The van der Waals surface area contributed by atoms with Gasteiger partial charge in [0.05, 0.1) is 23.6 Å². The summed E-state index contributed by atoms with van der Waals surface area (Å²) in [5.74, 6) is -1.61. The molecule has 0 radical (unpaired) electrons. The van der Waals surface area contributed by atoms with E-state index in [1.54, 1.807) is 23.2 Å². The SMILES string of the molecule is O=C(O)C1CCC(OCC(=O)N2CCc3c(n(Cc4ccc(Cl)c(F)c4)c4ncccc34)C2)CC1. The van der Waals surface area contributed by atoms with Gasteiger partial charge in [0.25, 0.3) is 0 Å². The topological polar surface area (TPSA) is 84.7 Å². The molecule has 0 atom stereocenters. The Kier molecular flexibility index (Phi) is 6.75. The van der Waals surface area contributed by atoms with Gasteiger partial charge >= 0.3 is 5.97 Å².